The van der Waals surface area contributed by atoms with E-state index in [1.807, 2.05) is 24.3 Å². The molecule has 6 nitrogen and oxygen atoms in total. The minimum absolute atomic E-state index is 0.104. The molecule has 0 saturated carbocycles. The second kappa shape index (κ2) is 9.79. The predicted molar refractivity (Wildman–Crippen MR) is 99.5 cm³/mol. The molecule has 0 aliphatic rings. The van der Waals surface area contributed by atoms with Crippen molar-refractivity contribution < 1.29 is 9.53 Å². The average Bonchev–Trinajstić information content (AvgIpc) is 2.59. The Hall–Kier alpha value is -2.40. The lowest BCUT2D eigenvalue weighted by molar-refractivity contribution is -0.142. The maximum Gasteiger partial charge on any atom is 0.310 e. The highest BCUT2D eigenvalue weighted by atomic mass is 35.5. The fraction of sp³-hybridized carbons (Fsp3) is 0.235. The Morgan fingerprint density at radius 3 is 2.60 bits per heavy atom. The van der Waals surface area contributed by atoms with Gasteiger partial charge in [-0.15, -0.1) is 0 Å². The van der Waals surface area contributed by atoms with Gasteiger partial charge in [-0.3, -0.25) is 4.79 Å². The molecule has 2 aromatic carbocycles. The number of ether oxygens (including phenoxy) is 1. The molecule has 0 spiro atoms. The highest BCUT2D eigenvalue weighted by Gasteiger charge is 2.12. The van der Waals surface area contributed by atoms with E-state index >= 15 is 0 Å². The van der Waals surface area contributed by atoms with E-state index in [0.29, 0.717) is 28.7 Å². The summed E-state index contributed by atoms with van der Waals surface area (Å²) in [5.74, 6) is -0.361. The van der Waals surface area contributed by atoms with Crippen molar-refractivity contribution in [2.75, 3.05) is 18.5 Å². The molecule has 2 rings (SSSR count). The van der Waals surface area contributed by atoms with Gasteiger partial charge in [0.1, 0.15) is 0 Å². The third-order valence-corrected chi connectivity index (χ3v) is 3.93. The normalized spacial score (nSPS) is 10.0. The third kappa shape index (κ3) is 5.87. The third-order valence-electron chi connectivity index (χ3n) is 3.30. The molecule has 0 amide bonds. The first-order valence-corrected chi connectivity index (χ1v) is 8.33. The fourth-order valence-corrected chi connectivity index (χ4v) is 2.61. The summed E-state index contributed by atoms with van der Waals surface area (Å²) in [6, 6.07) is 12.6. The molecule has 25 heavy (non-hydrogen) atoms. The Balaban J connectivity index is 2.03. The summed E-state index contributed by atoms with van der Waals surface area (Å²) in [7, 11) is 0. The quantitative estimate of drug-likeness (QED) is 0.215. The lowest BCUT2D eigenvalue weighted by atomic mass is 10.1. The van der Waals surface area contributed by atoms with E-state index in [2.05, 4.69) is 15.3 Å². The summed E-state index contributed by atoms with van der Waals surface area (Å²) in [5.41, 5.74) is 10.3. The molecule has 2 aromatic rings. The summed E-state index contributed by atoms with van der Waals surface area (Å²) in [6.07, 6.45) is 0.595. The van der Waals surface area contributed by atoms with Crippen molar-refractivity contribution in [1.82, 2.24) is 0 Å². The van der Waals surface area contributed by atoms with Crippen LogP contribution in [0.3, 0.4) is 0 Å². The molecule has 8 heteroatoms. The van der Waals surface area contributed by atoms with E-state index in [9.17, 15) is 4.79 Å². The van der Waals surface area contributed by atoms with Gasteiger partial charge < -0.3 is 10.1 Å². The van der Waals surface area contributed by atoms with Crippen LogP contribution < -0.4 is 5.32 Å². The van der Waals surface area contributed by atoms with Gasteiger partial charge >= 0.3 is 5.97 Å². The van der Waals surface area contributed by atoms with Crippen LogP contribution >= 0.6 is 23.2 Å². The number of rotatable bonds is 8. The van der Waals surface area contributed by atoms with Gasteiger partial charge in [0.15, 0.2) is 0 Å². The standard InChI is InChI=1S/C17H16Cl2N4O2/c18-13-6-3-7-14(19)17(13)22-15-8-2-1-5-12(15)11-16(24)25-10-4-9-21-23-20/h1-3,5-8,22H,4,9-11H2. The summed E-state index contributed by atoms with van der Waals surface area (Å²) in [6.45, 7) is 0.511. The van der Waals surface area contributed by atoms with Gasteiger partial charge in [0.05, 0.1) is 28.8 Å². The van der Waals surface area contributed by atoms with Crippen molar-refractivity contribution in [3.05, 3.63) is 68.5 Å². The number of nitrogens with one attached hydrogen (secondary N) is 1. The number of para-hydroxylation sites is 2. The van der Waals surface area contributed by atoms with Crippen LogP contribution in [-0.2, 0) is 16.0 Å². The Kier molecular flexibility index (Phi) is 7.41. The van der Waals surface area contributed by atoms with Crippen molar-refractivity contribution in [2.45, 2.75) is 12.8 Å². The smallest absolute Gasteiger partial charge is 0.310 e. The topological polar surface area (TPSA) is 87.1 Å². The number of azide groups is 1. The van der Waals surface area contributed by atoms with Gasteiger partial charge in [0, 0.05) is 17.1 Å². The second-order valence-electron chi connectivity index (χ2n) is 5.08. The predicted octanol–water partition coefficient (Wildman–Crippen LogP) is 5.52. The molecule has 0 aliphatic heterocycles. The number of hydrogen-bond donors (Lipinski definition) is 1. The molecule has 0 aliphatic carbocycles. The van der Waals surface area contributed by atoms with Crippen LogP contribution in [0.15, 0.2) is 47.6 Å². The Morgan fingerprint density at radius 2 is 1.88 bits per heavy atom. The summed E-state index contributed by atoms with van der Waals surface area (Å²) in [5, 5.41) is 7.53. The van der Waals surface area contributed by atoms with Crippen LogP contribution in [0.5, 0.6) is 0 Å². The molecule has 0 bridgehead atoms. The van der Waals surface area contributed by atoms with Crippen LogP contribution in [0.4, 0.5) is 11.4 Å². The molecular formula is C17H16Cl2N4O2. The number of anilines is 2. The largest absolute Gasteiger partial charge is 0.465 e. The summed E-state index contributed by atoms with van der Waals surface area (Å²) < 4.78 is 5.14. The molecule has 0 aromatic heterocycles. The first-order valence-electron chi connectivity index (χ1n) is 7.57. The number of carbonyl (C=O) groups excluding carboxylic acids is 1. The fourth-order valence-electron chi connectivity index (χ4n) is 2.12. The highest BCUT2D eigenvalue weighted by molar-refractivity contribution is 6.39. The van der Waals surface area contributed by atoms with Crippen molar-refractivity contribution in [1.29, 1.82) is 0 Å². The molecule has 0 saturated heterocycles. The van der Waals surface area contributed by atoms with E-state index < -0.39 is 0 Å². The Labute approximate surface area is 155 Å². The van der Waals surface area contributed by atoms with E-state index in [0.717, 1.165) is 11.3 Å². The first kappa shape index (κ1) is 18.9. The van der Waals surface area contributed by atoms with Crippen molar-refractivity contribution >= 4 is 40.5 Å². The lowest BCUT2D eigenvalue weighted by Crippen LogP contribution is -2.11. The molecule has 1 N–H and O–H groups in total. The number of benzene rings is 2. The maximum atomic E-state index is 12.0. The van der Waals surface area contributed by atoms with Crippen LogP contribution in [-0.4, -0.2) is 19.1 Å². The van der Waals surface area contributed by atoms with Gasteiger partial charge in [-0.25, -0.2) is 0 Å². The van der Waals surface area contributed by atoms with Crippen LogP contribution in [0.1, 0.15) is 12.0 Å². The minimum atomic E-state index is -0.361. The molecular weight excluding hydrogens is 363 g/mol. The number of esters is 1. The van der Waals surface area contributed by atoms with Gasteiger partial charge in [-0.1, -0.05) is 52.6 Å². The lowest BCUT2D eigenvalue weighted by Gasteiger charge is -2.14. The number of hydrogen-bond acceptors (Lipinski definition) is 4. The Bertz CT molecular complexity index is 772. The molecule has 0 radical (unpaired) electrons. The van der Waals surface area contributed by atoms with Crippen molar-refractivity contribution in [3.63, 3.8) is 0 Å². The van der Waals surface area contributed by atoms with Gasteiger partial charge in [-0.2, -0.15) is 0 Å². The monoisotopic (exact) mass is 378 g/mol. The summed E-state index contributed by atoms with van der Waals surface area (Å²) in [4.78, 5) is 14.6. The van der Waals surface area contributed by atoms with E-state index in [1.165, 1.54) is 0 Å². The van der Waals surface area contributed by atoms with Crippen molar-refractivity contribution in [2.24, 2.45) is 5.11 Å². The zero-order chi connectivity index (χ0) is 18.1. The zero-order valence-corrected chi connectivity index (χ0v) is 14.8. The molecule has 0 unspecified atom stereocenters. The van der Waals surface area contributed by atoms with Gasteiger partial charge in [0.2, 0.25) is 0 Å². The SMILES string of the molecule is [N-]=[N+]=NCCCOC(=O)Cc1ccccc1Nc1c(Cl)cccc1Cl. The number of halogens is 2. The van der Waals surface area contributed by atoms with Gasteiger partial charge in [0.25, 0.3) is 0 Å². The first-order chi connectivity index (χ1) is 12.1. The molecule has 0 fully saturated rings. The average molecular weight is 379 g/mol. The van der Waals surface area contributed by atoms with Gasteiger partial charge in [-0.05, 0) is 35.7 Å². The Morgan fingerprint density at radius 1 is 1.16 bits per heavy atom. The molecule has 0 heterocycles. The second-order valence-corrected chi connectivity index (χ2v) is 5.90. The number of nitrogens with zero attached hydrogens (tertiary/aromatic N) is 3. The molecule has 0 atom stereocenters. The number of carbonyl (C=O) groups is 1. The molecule has 130 valence electrons. The minimum Gasteiger partial charge on any atom is -0.465 e. The highest BCUT2D eigenvalue weighted by Crippen LogP contribution is 2.33. The van der Waals surface area contributed by atoms with E-state index in [4.69, 9.17) is 33.5 Å². The van der Waals surface area contributed by atoms with Crippen LogP contribution in [0.25, 0.3) is 10.4 Å². The maximum absolute atomic E-state index is 12.0. The van der Waals surface area contributed by atoms with Crippen molar-refractivity contribution in [3.8, 4) is 0 Å². The van der Waals surface area contributed by atoms with E-state index in [1.54, 1.807) is 18.2 Å². The summed E-state index contributed by atoms with van der Waals surface area (Å²) >= 11 is 12.3. The van der Waals surface area contributed by atoms with Crippen LogP contribution in [0.2, 0.25) is 10.0 Å². The zero-order valence-electron chi connectivity index (χ0n) is 13.3. The van der Waals surface area contributed by atoms with E-state index in [-0.39, 0.29) is 19.0 Å². The van der Waals surface area contributed by atoms with Crippen LogP contribution in [0, 0.1) is 0 Å².